The van der Waals surface area contributed by atoms with Gasteiger partial charge in [-0.3, -0.25) is 4.79 Å². The topological polar surface area (TPSA) is 97.1 Å². The maximum Gasteiger partial charge on any atom is 0.573 e. The molecule has 194 valence electrons. The molecule has 2 aliphatic rings. The zero-order valence-electron chi connectivity index (χ0n) is 20.1. The molecule has 2 aromatic carbocycles. The first-order valence-corrected chi connectivity index (χ1v) is 11.5. The number of ether oxygens (including phenoxy) is 1. The summed E-state index contributed by atoms with van der Waals surface area (Å²) in [6, 6.07) is 13.3. The van der Waals surface area contributed by atoms with Crippen LogP contribution in [0.25, 0.3) is 0 Å². The molecule has 1 aromatic heterocycles. The minimum atomic E-state index is -4.76. The Morgan fingerprint density at radius 1 is 1.19 bits per heavy atom. The Bertz CT molecular complexity index is 1320. The molecule has 0 bridgehead atoms. The number of halogens is 3. The number of aromatic nitrogens is 3. The molecule has 1 N–H and O–H groups in total. The number of oxime groups is 1. The molecule has 13 heteroatoms. The lowest BCUT2D eigenvalue weighted by Gasteiger charge is -2.28. The summed E-state index contributed by atoms with van der Waals surface area (Å²) in [6.07, 6.45) is -5.45. The van der Waals surface area contributed by atoms with Gasteiger partial charge in [0.15, 0.2) is 5.84 Å². The molecule has 1 unspecified atom stereocenters. The van der Waals surface area contributed by atoms with E-state index in [4.69, 9.17) is 4.84 Å². The van der Waals surface area contributed by atoms with Crippen molar-refractivity contribution in [2.24, 2.45) is 5.16 Å². The Balaban J connectivity index is 1.27. The fourth-order valence-corrected chi connectivity index (χ4v) is 4.21. The lowest BCUT2D eigenvalue weighted by Crippen LogP contribution is -2.47. The van der Waals surface area contributed by atoms with Gasteiger partial charge in [0, 0.05) is 31.4 Å². The predicted molar refractivity (Wildman–Crippen MR) is 127 cm³/mol. The molecule has 5 rings (SSSR count). The molecule has 1 saturated heterocycles. The van der Waals surface area contributed by atoms with E-state index in [2.05, 4.69) is 25.3 Å². The van der Waals surface area contributed by atoms with Crippen LogP contribution in [0.1, 0.15) is 29.0 Å². The largest absolute Gasteiger partial charge is 0.573 e. The van der Waals surface area contributed by atoms with Crippen molar-refractivity contribution in [1.29, 1.82) is 0 Å². The van der Waals surface area contributed by atoms with E-state index in [1.165, 1.54) is 24.3 Å². The van der Waals surface area contributed by atoms with Crippen molar-refractivity contribution in [3.05, 3.63) is 71.3 Å². The second-order valence-corrected chi connectivity index (χ2v) is 8.67. The van der Waals surface area contributed by atoms with Crippen LogP contribution in [-0.4, -0.2) is 64.5 Å². The predicted octanol–water partition coefficient (Wildman–Crippen LogP) is 2.79. The smallest absolute Gasteiger partial charge is 0.406 e. The molecule has 1 amide bonds. The van der Waals surface area contributed by atoms with E-state index < -0.39 is 12.6 Å². The minimum Gasteiger partial charge on any atom is -0.406 e. The summed E-state index contributed by atoms with van der Waals surface area (Å²) in [5.41, 5.74) is 2.52. The summed E-state index contributed by atoms with van der Waals surface area (Å²) in [6.45, 7) is 3.98. The molecule has 37 heavy (non-hydrogen) atoms. The Labute approximate surface area is 210 Å². The van der Waals surface area contributed by atoms with Crippen molar-refractivity contribution in [2.45, 2.75) is 26.1 Å². The first kappa shape index (κ1) is 24.4. The molecule has 10 nitrogen and oxygen atoms in total. The van der Waals surface area contributed by atoms with Crippen molar-refractivity contribution in [2.75, 3.05) is 31.6 Å². The van der Waals surface area contributed by atoms with Crippen molar-refractivity contribution in [3.63, 3.8) is 0 Å². The Hall–Kier alpha value is -4.29. The van der Waals surface area contributed by atoms with Crippen molar-refractivity contribution >= 4 is 17.4 Å². The van der Waals surface area contributed by atoms with E-state index in [0.717, 1.165) is 17.8 Å². The van der Waals surface area contributed by atoms with Crippen LogP contribution >= 0.6 is 0 Å². The highest BCUT2D eigenvalue weighted by molar-refractivity contribution is 5.99. The number of nitrogens with one attached hydrogen (secondary N) is 1. The maximum atomic E-state index is 12.4. The lowest BCUT2D eigenvalue weighted by atomic mass is 10.1. The van der Waals surface area contributed by atoms with Crippen LogP contribution in [0.3, 0.4) is 0 Å². The lowest BCUT2D eigenvalue weighted by molar-refractivity contribution is -0.274. The second-order valence-electron chi connectivity index (χ2n) is 8.67. The average Bonchev–Trinajstić information content (AvgIpc) is 3.41. The summed E-state index contributed by atoms with van der Waals surface area (Å²) in [7, 11) is 1.74. The van der Waals surface area contributed by atoms with Crippen LogP contribution in [0, 0.1) is 6.92 Å². The molecule has 1 atom stereocenters. The van der Waals surface area contributed by atoms with Crippen LogP contribution in [0.5, 0.6) is 5.75 Å². The van der Waals surface area contributed by atoms with Crippen LogP contribution in [0.2, 0.25) is 0 Å². The van der Waals surface area contributed by atoms with Crippen molar-refractivity contribution in [1.82, 2.24) is 25.0 Å². The van der Waals surface area contributed by atoms with E-state index in [1.807, 2.05) is 36.1 Å². The number of rotatable bonds is 6. The summed E-state index contributed by atoms with van der Waals surface area (Å²) < 4.78 is 43.0. The van der Waals surface area contributed by atoms with Gasteiger partial charge in [-0.1, -0.05) is 17.3 Å². The SMILES string of the molecule is Cc1nc(C2ON=C(c3ccc(OC(F)(F)F)cc3)N2C)nn1Cc1cccc(N2CCNC(=O)C2)c1. The molecule has 0 radical (unpaired) electrons. The highest BCUT2D eigenvalue weighted by Crippen LogP contribution is 2.29. The standard InChI is InChI=1S/C24H24F3N7O3/c1-15-29-21(23-32(2)22(31-37-23)17-6-8-19(9-7-17)36-24(25,26)27)30-34(15)13-16-4-3-5-18(12-16)33-11-10-28-20(35)14-33/h3-9,12,23H,10-11,13-14H2,1-2H3,(H,28,35). The maximum absolute atomic E-state index is 12.4. The molecule has 3 aromatic rings. The normalized spacial score (nSPS) is 17.9. The summed E-state index contributed by atoms with van der Waals surface area (Å²) in [5, 5.41) is 11.5. The zero-order valence-corrected chi connectivity index (χ0v) is 20.1. The number of aryl methyl sites for hydroxylation is 1. The first-order chi connectivity index (χ1) is 17.7. The Morgan fingerprint density at radius 3 is 2.70 bits per heavy atom. The highest BCUT2D eigenvalue weighted by Gasteiger charge is 2.34. The van der Waals surface area contributed by atoms with Crippen molar-refractivity contribution < 1.29 is 27.5 Å². The summed E-state index contributed by atoms with van der Waals surface area (Å²) >= 11 is 0. The highest BCUT2D eigenvalue weighted by atomic mass is 19.4. The fraction of sp³-hybridized carbons (Fsp3) is 0.333. The van der Waals surface area contributed by atoms with Gasteiger partial charge in [-0.2, -0.15) is 0 Å². The number of benzene rings is 2. The third kappa shape index (κ3) is 5.44. The summed E-state index contributed by atoms with van der Waals surface area (Å²) in [5.74, 6) is 1.19. The molecule has 0 aliphatic carbocycles. The molecule has 0 saturated carbocycles. The molecule has 2 aliphatic heterocycles. The summed E-state index contributed by atoms with van der Waals surface area (Å²) in [4.78, 5) is 25.6. The monoisotopic (exact) mass is 515 g/mol. The van der Waals surface area contributed by atoms with Gasteiger partial charge in [-0.05, 0) is 48.9 Å². The minimum absolute atomic E-state index is 0.00118. The van der Waals surface area contributed by atoms with Gasteiger partial charge in [0.1, 0.15) is 11.6 Å². The third-order valence-corrected chi connectivity index (χ3v) is 6.01. The number of anilines is 1. The van der Waals surface area contributed by atoms with E-state index in [-0.39, 0.29) is 11.7 Å². The molecule has 3 heterocycles. The van der Waals surface area contributed by atoms with Gasteiger partial charge in [-0.15, -0.1) is 18.3 Å². The fourth-order valence-electron chi connectivity index (χ4n) is 4.21. The van der Waals surface area contributed by atoms with E-state index in [0.29, 0.717) is 42.7 Å². The van der Waals surface area contributed by atoms with Gasteiger partial charge < -0.3 is 24.7 Å². The number of nitrogens with zero attached hydrogens (tertiary/aromatic N) is 6. The van der Waals surface area contributed by atoms with Crippen LogP contribution in [-0.2, 0) is 16.2 Å². The quantitative estimate of drug-likeness (QED) is 0.539. The first-order valence-electron chi connectivity index (χ1n) is 11.5. The van der Waals surface area contributed by atoms with E-state index in [1.54, 1.807) is 16.6 Å². The zero-order chi connectivity index (χ0) is 26.2. The van der Waals surface area contributed by atoms with Gasteiger partial charge >= 0.3 is 6.36 Å². The molecular formula is C24H24F3N7O3. The Kier molecular flexibility index (Phi) is 6.36. The number of hydrogen-bond donors (Lipinski definition) is 1. The van der Waals surface area contributed by atoms with Crippen LogP contribution in [0.15, 0.2) is 53.7 Å². The number of hydrogen-bond acceptors (Lipinski definition) is 8. The number of carbonyl (C=O) groups excluding carboxylic acids is 1. The van der Waals surface area contributed by atoms with E-state index >= 15 is 0 Å². The van der Waals surface area contributed by atoms with Crippen LogP contribution < -0.4 is 15.0 Å². The average molecular weight is 515 g/mol. The number of carbonyl (C=O) groups is 1. The second kappa shape index (κ2) is 9.64. The number of alkyl halides is 3. The van der Waals surface area contributed by atoms with Crippen LogP contribution in [0.4, 0.5) is 18.9 Å². The van der Waals surface area contributed by atoms with E-state index in [9.17, 15) is 18.0 Å². The van der Waals surface area contributed by atoms with Gasteiger partial charge in [-0.25, -0.2) is 9.67 Å². The molecule has 1 fully saturated rings. The third-order valence-electron chi connectivity index (χ3n) is 6.01. The number of amides is 1. The molecule has 0 spiro atoms. The Morgan fingerprint density at radius 2 is 1.97 bits per heavy atom. The number of piperazine rings is 1. The van der Waals surface area contributed by atoms with Crippen molar-refractivity contribution in [3.8, 4) is 5.75 Å². The van der Waals surface area contributed by atoms with Gasteiger partial charge in [0.25, 0.3) is 6.23 Å². The molecular weight excluding hydrogens is 491 g/mol. The number of amidine groups is 1. The van der Waals surface area contributed by atoms with Gasteiger partial charge in [0.05, 0.1) is 13.1 Å². The van der Waals surface area contributed by atoms with Gasteiger partial charge in [0.2, 0.25) is 11.7 Å².